The molecule has 1 aromatic rings. The van der Waals surface area contributed by atoms with Crippen LogP contribution in [-0.4, -0.2) is 38.0 Å². The van der Waals surface area contributed by atoms with Crippen molar-refractivity contribution in [1.29, 1.82) is 0 Å². The summed E-state index contributed by atoms with van der Waals surface area (Å²) in [6, 6.07) is 5.61. The standard InChI is InChI=1S/C15H22N4O2/c1-10(20)18-12-5-7-19(8-6-12)14-4-3-11(9-13(14)16)15(21)17-2/h3-4,9,12H,5-8,16H2,1-2H3,(H,17,21)(H,18,20). The highest BCUT2D eigenvalue weighted by Crippen LogP contribution is 2.27. The quantitative estimate of drug-likeness (QED) is 0.716. The van der Waals surface area contributed by atoms with Crippen molar-refractivity contribution in [3.8, 4) is 0 Å². The second kappa shape index (κ2) is 6.47. The molecular formula is C15H22N4O2. The van der Waals surface area contributed by atoms with Gasteiger partial charge in [-0.05, 0) is 31.0 Å². The van der Waals surface area contributed by atoms with Crippen LogP contribution in [0, 0.1) is 0 Å². The molecule has 0 unspecified atom stereocenters. The number of nitrogens with zero attached hydrogens (tertiary/aromatic N) is 1. The van der Waals surface area contributed by atoms with E-state index >= 15 is 0 Å². The van der Waals surface area contributed by atoms with E-state index in [1.165, 1.54) is 0 Å². The molecule has 2 rings (SSSR count). The Balaban J connectivity index is 2.03. The van der Waals surface area contributed by atoms with E-state index in [4.69, 9.17) is 5.73 Å². The van der Waals surface area contributed by atoms with Gasteiger partial charge in [0.1, 0.15) is 0 Å². The first-order valence-corrected chi connectivity index (χ1v) is 7.15. The van der Waals surface area contributed by atoms with E-state index in [2.05, 4.69) is 15.5 Å². The zero-order valence-electron chi connectivity index (χ0n) is 12.5. The minimum absolute atomic E-state index is 0.0166. The van der Waals surface area contributed by atoms with Crippen molar-refractivity contribution >= 4 is 23.2 Å². The Labute approximate surface area is 124 Å². The second-order valence-electron chi connectivity index (χ2n) is 5.31. The molecule has 1 aliphatic heterocycles. The number of nitrogen functional groups attached to an aromatic ring is 1. The summed E-state index contributed by atoms with van der Waals surface area (Å²) in [4.78, 5) is 24.8. The van der Waals surface area contributed by atoms with Gasteiger partial charge in [0, 0.05) is 38.7 Å². The summed E-state index contributed by atoms with van der Waals surface area (Å²) < 4.78 is 0. The zero-order valence-corrected chi connectivity index (χ0v) is 12.5. The van der Waals surface area contributed by atoms with Crippen molar-refractivity contribution < 1.29 is 9.59 Å². The van der Waals surface area contributed by atoms with Crippen molar-refractivity contribution in [2.24, 2.45) is 0 Å². The Morgan fingerprint density at radius 1 is 1.29 bits per heavy atom. The summed E-state index contributed by atoms with van der Waals surface area (Å²) in [5.74, 6) is -0.125. The number of benzene rings is 1. The van der Waals surface area contributed by atoms with E-state index in [9.17, 15) is 9.59 Å². The number of anilines is 2. The molecule has 0 radical (unpaired) electrons. The molecule has 2 amide bonds. The number of piperidine rings is 1. The maximum atomic E-state index is 11.6. The van der Waals surface area contributed by atoms with Crippen molar-refractivity contribution in [2.45, 2.75) is 25.8 Å². The zero-order chi connectivity index (χ0) is 15.4. The van der Waals surface area contributed by atoms with E-state index < -0.39 is 0 Å². The van der Waals surface area contributed by atoms with Crippen LogP contribution >= 0.6 is 0 Å². The van der Waals surface area contributed by atoms with E-state index in [1.807, 2.05) is 6.07 Å². The van der Waals surface area contributed by atoms with Gasteiger partial charge in [-0.1, -0.05) is 0 Å². The van der Waals surface area contributed by atoms with Crippen molar-refractivity contribution in [3.63, 3.8) is 0 Å². The van der Waals surface area contributed by atoms with Gasteiger partial charge in [0.05, 0.1) is 11.4 Å². The number of rotatable bonds is 3. The minimum Gasteiger partial charge on any atom is -0.397 e. The lowest BCUT2D eigenvalue weighted by atomic mass is 10.0. The SMILES string of the molecule is CNC(=O)c1ccc(N2CCC(NC(C)=O)CC2)c(N)c1. The molecule has 4 N–H and O–H groups in total. The van der Waals surface area contributed by atoms with Crippen LogP contribution in [0.25, 0.3) is 0 Å². The summed E-state index contributed by atoms with van der Waals surface area (Å²) in [6.45, 7) is 3.23. The summed E-state index contributed by atoms with van der Waals surface area (Å²) in [5.41, 5.74) is 8.18. The van der Waals surface area contributed by atoms with Crippen LogP contribution in [-0.2, 0) is 4.79 Å². The molecule has 1 fully saturated rings. The topological polar surface area (TPSA) is 87.5 Å². The van der Waals surface area contributed by atoms with Crippen molar-refractivity contribution in [2.75, 3.05) is 30.8 Å². The third-order valence-corrected chi connectivity index (χ3v) is 3.76. The van der Waals surface area contributed by atoms with Crippen LogP contribution in [0.15, 0.2) is 18.2 Å². The molecule has 114 valence electrons. The Bertz CT molecular complexity index is 536. The first-order chi connectivity index (χ1) is 10.0. The van der Waals surface area contributed by atoms with Gasteiger partial charge in [-0.3, -0.25) is 9.59 Å². The van der Waals surface area contributed by atoms with E-state index in [-0.39, 0.29) is 17.9 Å². The van der Waals surface area contributed by atoms with Crippen LogP contribution in [0.3, 0.4) is 0 Å². The van der Waals surface area contributed by atoms with Crippen LogP contribution in [0.1, 0.15) is 30.1 Å². The molecule has 1 aromatic carbocycles. The van der Waals surface area contributed by atoms with Gasteiger partial charge in [-0.25, -0.2) is 0 Å². The van der Waals surface area contributed by atoms with Crippen LogP contribution in [0.5, 0.6) is 0 Å². The van der Waals surface area contributed by atoms with Crippen LogP contribution in [0.4, 0.5) is 11.4 Å². The Morgan fingerprint density at radius 3 is 2.48 bits per heavy atom. The number of amides is 2. The maximum Gasteiger partial charge on any atom is 0.251 e. The lowest BCUT2D eigenvalue weighted by Gasteiger charge is -2.34. The van der Waals surface area contributed by atoms with Gasteiger partial charge in [-0.15, -0.1) is 0 Å². The number of nitrogens with one attached hydrogen (secondary N) is 2. The largest absolute Gasteiger partial charge is 0.397 e. The summed E-state index contributed by atoms with van der Waals surface area (Å²) in [5, 5.41) is 5.53. The number of carbonyl (C=O) groups is 2. The molecule has 21 heavy (non-hydrogen) atoms. The molecule has 1 aliphatic rings. The average Bonchev–Trinajstić information content (AvgIpc) is 2.47. The Hall–Kier alpha value is -2.24. The molecule has 1 heterocycles. The monoisotopic (exact) mass is 290 g/mol. The molecule has 0 spiro atoms. The fourth-order valence-electron chi connectivity index (χ4n) is 2.68. The van der Waals surface area contributed by atoms with Crippen LogP contribution in [0.2, 0.25) is 0 Å². The third kappa shape index (κ3) is 3.65. The molecular weight excluding hydrogens is 268 g/mol. The third-order valence-electron chi connectivity index (χ3n) is 3.76. The molecule has 6 heteroatoms. The van der Waals surface area contributed by atoms with Gasteiger partial charge < -0.3 is 21.3 Å². The van der Waals surface area contributed by atoms with Gasteiger partial charge in [0.15, 0.2) is 0 Å². The van der Waals surface area contributed by atoms with E-state index in [1.54, 1.807) is 26.1 Å². The Kier molecular flexibility index (Phi) is 4.67. The average molecular weight is 290 g/mol. The minimum atomic E-state index is -0.141. The normalized spacial score (nSPS) is 15.6. The molecule has 0 atom stereocenters. The molecule has 0 aliphatic carbocycles. The lowest BCUT2D eigenvalue weighted by molar-refractivity contribution is -0.119. The predicted molar refractivity (Wildman–Crippen MR) is 83.3 cm³/mol. The summed E-state index contributed by atoms with van der Waals surface area (Å²) in [6.07, 6.45) is 1.80. The molecule has 0 aromatic heterocycles. The van der Waals surface area contributed by atoms with Gasteiger partial charge in [0.2, 0.25) is 5.91 Å². The fourth-order valence-corrected chi connectivity index (χ4v) is 2.68. The van der Waals surface area contributed by atoms with E-state index in [0.717, 1.165) is 31.6 Å². The van der Waals surface area contributed by atoms with E-state index in [0.29, 0.717) is 11.3 Å². The van der Waals surface area contributed by atoms with Crippen molar-refractivity contribution in [1.82, 2.24) is 10.6 Å². The lowest BCUT2D eigenvalue weighted by Crippen LogP contribution is -2.44. The molecule has 1 saturated heterocycles. The number of hydrogen-bond donors (Lipinski definition) is 3. The smallest absolute Gasteiger partial charge is 0.251 e. The van der Waals surface area contributed by atoms with Gasteiger partial charge in [0.25, 0.3) is 5.91 Å². The summed E-state index contributed by atoms with van der Waals surface area (Å²) in [7, 11) is 1.60. The maximum absolute atomic E-state index is 11.6. The fraction of sp³-hybridized carbons (Fsp3) is 0.467. The number of carbonyl (C=O) groups excluding carboxylic acids is 2. The first-order valence-electron chi connectivity index (χ1n) is 7.15. The highest BCUT2D eigenvalue weighted by molar-refractivity contribution is 5.96. The second-order valence-corrected chi connectivity index (χ2v) is 5.31. The Morgan fingerprint density at radius 2 is 1.95 bits per heavy atom. The molecule has 0 saturated carbocycles. The number of hydrogen-bond acceptors (Lipinski definition) is 4. The van der Waals surface area contributed by atoms with Crippen molar-refractivity contribution in [3.05, 3.63) is 23.8 Å². The predicted octanol–water partition coefficient (Wildman–Crippen LogP) is 0.733. The van der Waals surface area contributed by atoms with Crippen LogP contribution < -0.4 is 21.3 Å². The molecule has 6 nitrogen and oxygen atoms in total. The van der Waals surface area contributed by atoms with Gasteiger partial charge in [-0.2, -0.15) is 0 Å². The first kappa shape index (κ1) is 15.2. The molecule has 0 bridgehead atoms. The highest BCUT2D eigenvalue weighted by atomic mass is 16.2. The van der Waals surface area contributed by atoms with Gasteiger partial charge >= 0.3 is 0 Å². The highest BCUT2D eigenvalue weighted by Gasteiger charge is 2.21. The summed E-state index contributed by atoms with van der Waals surface area (Å²) >= 11 is 0. The number of nitrogens with two attached hydrogens (primary N) is 1.